The van der Waals surface area contributed by atoms with Crippen LogP contribution in [0.1, 0.15) is 17.0 Å². The summed E-state index contributed by atoms with van der Waals surface area (Å²) in [5.41, 5.74) is 7.80. The fourth-order valence-corrected chi connectivity index (χ4v) is 3.17. The van der Waals surface area contributed by atoms with Crippen molar-refractivity contribution in [3.05, 3.63) is 95.8 Å². The summed E-state index contributed by atoms with van der Waals surface area (Å²) < 4.78 is 0. The van der Waals surface area contributed by atoms with E-state index in [4.69, 9.17) is 5.21 Å². The molecule has 4 aromatic rings. The molecule has 0 aliphatic rings. The minimum atomic E-state index is -0.558. The van der Waals surface area contributed by atoms with Crippen molar-refractivity contribution < 1.29 is 10.0 Å². The van der Waals surface area contributed by atoms with Crippen molar-refractivity contribution >= 4 is 23.0 Å². The summed E-state index contributed by atoms with van der Waals surface area (Å²) >= 11 is 0. The molecule has 28 heavy (non-hydrogen) atoms. The molecular formula is C23H19N3O2. The maximum absolute atomic E-state index is 11.1. The molecule has 5 nitrogen and oxygen atoms in total. The van der Waals surface area contributed by atoms with Gasteiger partial charge in [-0.05, 0) is 40.5 Å². The van der Waals surface area contributed by atoms with Crippen LogP contribution in [0.2, 0.25) is 0 Å². The molecule has 0 saturated heterocycles. The van der Waals surface area contributed by atoms with Crippen molar-refractivity contribution in [2.24, 2.45) is 0 Å². The van der Waals surface area contributed by atoms with Gasteiger partial charge in [-0.1, -0.05) is 60.7 Å². The lowest BCUT2D eigenvalue weighted by molar-refractivity contribution is -0.124. The van der Waals surface area contributed by atoms with Crippen LogP contribution in [0.3, 0.4) is 0 Å². The zero-order valence-electron chi connectivity index (χ0n) is 15.1. The summed E-state index contributed by atoms with van der Waals surface area (Å²) in [6.45, 7) is 0. The predicted molar refractivity (Wildman–Crippen MR) is 110 cm³/mol. The van der Waals surface area contributed by atoms with Gasteiger partial charge in [0.1, 0.15) is 5.82 Å². The Labute approximate surface area is 162 Å². The summed E-state index contributed by atoms with van der Waals surface area (Å²) in [5, 5.41) is 8.56. The van der Waals surface area contributed by atoms with Gasteiger partial charge in [0.05, 0.1) is 11.0 Å². The van der Waals surface area contributed by atoms with Gasteiger partial charge >= 0.3 is 0 Å². The third-order valence-electron chi connectivity index (χ3n) is 4.50. The zero-order valence-corrected chi connectivity index (χ0v) is 15.1. The molecule has 0 saturated carbocycles. The van der Waals surface area contributed by atoms with Crippen molar-refractivity contribution in [2.75, 3.05) is 0 Å². The Kier molecular flexibility index (Phi) is 4.99. The number of aromatic nitrogens is 2. The van der Waals surface area contributed by atoms with E-state index in [-0.39, 0.29) is 0 Å². The molecule has 1 heterocycles. The Balaban J connectivity index is 1.57. The Morgan fingerprint density at radius 2 is 1.86 bits per heavy atom. The van der Waals surface area contributed by atoms with Crippen molar-refractivity contribution in [1.82, 2.24) is 15.4 Å². The van der Waals surface area contributed by atoms with Gasteiger partial charge in [-0.25, -0.2) is 10.5 Å². The molecule has 1 amide bonds. The first-order valence-corrected chi connectivity index (χ1v) is 8.96. The second-order valence-corrected chi connectivity index (χ2v) is 6.51. The van der Waals surface area contributed by atoms with Gasteiger partial charge in [0.15, 0.2) is 0 Å². The first-order valence-electron chi connectivity index (χ1n) is 8.96. The number of hydroxylamine groups is 1. The highest BCUT2D eigenvalue weighted by Gasteiger charge is 2.06. The van der Waals surface area contributed by atoms with E-state index in [0.29, 0.717) is 6.42 Å². The highest BCUT2D eigenvalue weighted by molar-refractivity contribution is 5.90. The maximum atomic E-state index is 11.1. The van der Waals surface area contributed by atoms with E-state index >= 15 is 0 Å². The highest BCUT2D eigenvalue weighted by Crippen LogP contribution is 2.23. The molecule has 0 aliphatic heterocycles. The molecule has 0 aliphatic carbocycles. The molecule has 3 N–H and O–H groups in total. The van der Waals surface area contributed by atoms with E-state index in [1.165, 1.54) is 11.6 Å². The first kappa shape index (κ1) is 17.7. The summed E-state index contributed by atoms with van der Waals surface area (Å²) in [6, 6.07) is 24.3. The molecule has 3 aromatic carbocycles. The third-order valence-corrected chi connectivity index (χ3v) is 4.50. The summed E-state index contributed by atoms with van der Waals surface area (Å²) in [4.78, 5) is 19.2. The minimum absolute atomic E-state index is 0.558. The first-order chi connectivity index (χ1) is 13.7. The Morgan fingerprint density at radius 3 is 2.68 bits per heavy atom. The average Bonchev–Trinajstić information content (AvgIpc) is 3.14. The van der Waals surface area contributed by atoms with Crippen LogP contribution in [0, 0.1) is 0 Å². The number of imidazole rings is 1. The fourth-order valence-electron chi connectivity index (χ4n) is 3.17. The molecule has 1 aromatic heterocycles. The second kappa shape index (κ2) is 7.90. The highest BCUT2D eigenvalue weighted by atomic mass is 16.5. The number of aromatic amines is 1. The standard InChI is InChI=1S/C23H19N3O2/c27-23(26-28)12-9-16-5-4-6-17(13-16)14-22-24-20-11-10-19(15-21(20)25-22)18-7-2-1-3-8-18/h1-13,15,28H,14H2,(H,24,25)(H,26,27)/b12-9+. The van der Waals surface area contributed by atoms with E-state index in [9.17, 15) is 4.79 Å². The van der Waals surface area contributed by atoms with Crippen LogP contribution in [0.25, 0.3) is 28.2 Å². The molecule has 0 unspecified atom stereocenters. The summed E-state index contributed by atoms with van der Waals surface area (Å²) in [5.74, 6) is 0.325. The number of H-pyrrole nitrogens is 1. The van der Waals surface area contributed by atoms with Crippen LogP contribution in [0.5, 0.6) is 0 Å². The van der Waals surface area contributed by atoms with Crippen molar-refractivity contribution in [3.63, 3.8) is 0 Å². The molecule has 0 spiro atoms. The molecule has 0 atom stereocenters. The van der Waals surface area contributed by atoms with E-state index in [1.54, 1.807) is 11.6 Å². The van der Waals surface area contributed by atoms with Gasteiger partial charge in [0, 0.05) is 12.5 Å². The average molecular weight is 369 g/mol. The number of amides is 1. The van der Waals surface area contributed by atoms with Crippen LogP contribution in [0.15, 0.2) is 78.9 Å². The Bertz CT molecular complexity index is 1150. The van der Waals surface area contributed by atoms with E-state index in [2.05, 4.69) is 34.2 Å². The predicted octanol–water partition coefficient (Wildman–Crippen LogP) is 4.34. The van der Waals surface area contributed by atoms with E-state index in [0.717, 1.165) is 33.5 Å². The lowest BCUT2D eigenvalue weighted by atomic mass is 10.1. The van der Waals surface area contributed by atoms with E-state index in [1.807, 2.05) is 48.5 Å². The topological polar surface area (TPSA) is 78.0 Å². The molecule has 4 rings (SSSR count). The molecule has 5 heteroatoms. The lowest BCUT2D eigenvalue weighted by Gasteiger charge is -2.01. The maximum Gasteiger partial charge on any atom is 0.267 e. The number of hydrogen-bond donors (Lipinski definition) is 3. The quantitative estimate of drug-likeness (QED) is 0.278. The number of hydrogen-bond acceptors (Lipinski definition) is 3. The van der Waals surface area contributed by atoms with Gasteiger partial charge in [-0.15, -0.1) is 0 Å². The van der Waals surface area contributed by atoms with Crippen molar-refractivity contribution in [3.8, 4) is 11.1 Å². The molecule has 138 valence electrons. The van der Waals surface area contributed by atoms with Crippen LogP contribution in [-0.4, -0.2) is 21.1 Å². The fraction of sp³-hybridized carbons (Fsp3) is 0.0435. The van der Waals surface area contributed by atoms with Crippen LogP contribution in [-0.2, 0) is 11.2 Å². The van der Waals surface area contributed by atoms with Gasteiger partial charge < -0.3 is 4.98 Å². The van der Waals surface area contributed by atoms with Gasteiger partial charge in [-0.3, -0.25) is 10.0 Å². The van der Waals surface area contributed by atoms with Gasteiger partial charge in [0.25, 0.3) is 5.91 Å². The van der Waals surface area contributed by atoms with Crippen LogP contribution >= 0.6 is 0 Å². The molecule has 0 fully saturated rings. The molecule has 0 radical (unpaired) electrons. The number of rotatable bonds is 5. The number of nitrogens with one attached hydrogen (secondary N) is 2. The Hall–Kier alpha value is -3.70. The Morgan fingerprint density at radius 1 is 1.00 bits per heavy atom. The normalized spacial score (nSPS) is 11.2. The number of carbonyl (C=O) groups is 1. The number of nitrogens with zero attached hydrogens (tertiary/aromatic N) is 1. The smallest absolute Gasteiger partial charge is 0.267 e. The van der Waals surface area contributed by atoms with Crippen LogP contribution in [0.4, 0.5) is 0 Å². The summed E-state index contributed by atoms with van der Waals surface area (Å²) in [6.07, 6.45) is 3.59. The van der Waals surface area contributed by atoms with Crippen molar-refractivity contribution in [2.45, 2.75) is 6.42 Å². The molecular weight excluding hydrogens is 350 g/mol. The second-order valence-electron chi connectivity index (χ2n) is 6.51. The van der Waals surface area contributed by atoms with Crippen LogP contribution < -0.4 is 5.48 Å². The summed E-state index contributed by atoms with van der Waals surface area (Å²) in [7, 11) is 0. The monoisotopic (exact) mass is 369 g/mol. The SMILES string of the molecule is O=C(/C=C/c1cccc(Cc2nc3ccc(-c4ccccc4)cc3[nH]2)c1)NO. The molecule has 0 bridgehead atoms. The number of carbonyl (C=O) groups excluding carboxylic acids is 1. The largest absolute Gasteiger partial charge is 0.342 e. The lowest BCUT2D eigenvalue weighted by Crippen LogP contribution is -2.14. The number of benzene rings is 3. The van der Waals surface area contributed by atoms with Gasteiger partial charge in [0.2, 0.25) is 0 Å². The third kappa shape index (κ3) is 4.00. The van der Waals surface area contributed by atoms with Gasteiger partial charge in [-0.2, -0.15) is 0 Å². The van der Waals surface area contributed by atoms with Crippen molar-refractivity contribution in [1.29, 1.82) is 0 Å². The number of fused-ring (bicyclic) bond motifs is 1. The minimum Gasteiger partial charge on any atom is -0.342 e. The zero-order chi connectivity index (χ0) is 19.3. The van der Waals surface area contributed by atoms with E-state index < -0.39 is 5.91 Å².